The van der Waals surface area contributed by atoms with Crippen LogP contribution in [0.1, 0.15) is 22.8 Å². The Morgan fingerprint density at radius 1 is 0.929 bits per heavy atom. The molecule has 0 radical (unpaired) electrons. The first kappa shape index (κ1) is 20.4. The first-order valence-corrected chi connectivity index (χ1v) is 10.8. The first-order valence-electron chi connectivity index (χ1n) is 8.40. The lowest BCUT2D eigenvalue weighted by atomic mass is 10.0. The first-order chi connectivity index (χ1) is 13.2. The molecule has 0 unspecified atom stereocenters. The number of sulfonamides is 1. The number of Topliss-reactive ketones (excluding diaryl/α,β-unsaturated/α-hetero) is 1. The van der Waals surface area contributed by atoms with Gasteiger partial charge in [-0.3, -0.25) is 9.52 Å². The van der Waals surface area contributed by atoms with E-state index in [1.165, 1.54) is 13.0 Å². The normalized spacial score (nSPS) is 11.2. The molecule has 0 fully saturated rings. The molecule has 0 saturated heterocycles. The van der Waals surface area contributed by atoms with Crippen molar-refractivity contribution >= 4 is 44.7 Å². The number of ketones is 1. The fourth-order valence-electron chi connectivity index (χ4n) is 2.76. The average Bonchev–Trinajstić information content (AvgIpc) is 2.65. The molecular formula is C21H17Cl2NO3S. The van der Waals surface area contributed by atoms with E-state index in [4.69, 9.17) is 23.2 Å². The zero-order valence-corrected chi connectivity index (χ0v) is 17.3. The number of hydrogen-bond donors (Lipinski definition) is 1. The Balaban J connectivity index is 1.87. The van der Waals surface area contributed by atoms with Gasteiger partial charge in [-0.25, -0.2) is 8.42 Å². The van der Waals surface area contributed by atoms with E-state index >= 15 is 0 Å². The topological polar surface area (TPSA) is 63.2 Å². The molecule has 7 heteroatoms. The minimum atomic E-state index is -3.68. The van der Waals surface area contributed by atoms with Gasteiger partial charge in [-0.2, -0.15) is 0 Å². The molecule has 28 heavy (non-hydrogen) atoms. The SMILES string of the molecule is CC(=O)c1ccc(-c2ccccc2NS(=O)(=O)Cc2ccc(Cl)c(Cl)c2)cc1. The predicted molar refractivity (Wildman–Crippen MR) is 115 cm³/mol. The number of hydrogen-bond acceptors (Lipinski definition) is 3. The summed E-state index contributed by atoms with van der Waals surface area (Å²) in [5.41, 5.74) is 3.11. The molecule has 3 aromatic rings. The van der Waals surface area contributed by atoms with Gasteiger partial charge in [-0.05, 0) is 36.2 Å². The van der Waals surface area contributed by atoms with Crippen molar-refractivity contribution in [2.75, 3.05) is 4.72 Å². The van der Waals surface area contributed by atoms with E-state index in [0.717, 1.165) is 11.1 Å². The molecule has 0 bridgehead atoms. The third-order valence-corrected chi connectivity index (χ3v) is 6.12. The largest absolute Gasteiger partial charge is 0.295 e. The highest BCUT2D eigenvalue weighted by Crippen LogP contribution is 2.30. The fourth-order valence-corrected chi connectivity index (χ4v) is 4.29. The number of rotatable bonds is 6. The van der Waals surface area contributed by atoms with Crippen LogP contribution < -0.4 is 4.72 Å². The predicted octanol–water partition coefficient (Wildman–Crippen LogP) is 5.80. The van der Waals surface area contributed by atoms with Crippen molar-refractivity contribution in [2.24, 2.45) is 0 Å². The van der Waals surface area contributed by atoms with Crippen molar-refractivity contribution in [1.82, 2.24) is 0 Å². The van der Waals surface area contributed by atoms with Gasteiger partial charge < -0.3 is 0 Å². The molecule has 4 nitrogen and oxygen atoms in total. The van der Waals surface area contributed by atoms with Gasteiger partial charge in [-0.15, -0.1) is 0 Å². The molecule has 0 heterocycles. The van der Waals surface area contributed by atoms with Crippen LogP contribution in [-0.2, 0) is 15.8 Å². The van der Waals surface area contributed by atoms with Crippen molar-refractivity contribution in [3.05, 3.63) is 87.9 Å². The van der Waals surface area contributed by atoms with Crippen LogP contribution in [-0.4, -0.2) is 14.2 Å². The number of anilines is 1. The quantitative estimate of drug-likeness (QED) is 0.499. The fraction of sp³-hybridized carbons (Fsp3) is 0.0952. The minimum Gasteiger partial charge on any atom is -0.295 e. The number of benzene rings is 3. The molecule has 3 rings (SSSR count). The molecule has 0 aliphatic carbocycles. The van der Waals surface area contributed by atoms with E-state index in [-0.39, 0.29) is 11.5 Å². The van der Waals surface area contributed by atoms with E-state index in [1.54, 1.807) is 48.5 Å². The third-order valence-electron chi connectivity index (χ3n) is 4.14. The summed E-state index contributed by atoms with van der Waals surface area (Å²) in [5, 5.41) is 0.676. The van der Waals surface area contributed by atoms with E-state index in [9.17, 15) is 13.2 Å². The number of halogens is 2. The second-order valence-electron chi connectivity index (χ2n) is 6.29. The maximum absolute atomic E-state index is 12.7. The van der Waals surface area contributed by atoms with Gasteiger partial charge in [-0.1, -0.05) is 71.7 Å². The second kappa shape index (κ2) is 8.35. The van der Waals surface area contributed by atoms with Gasteiger partial charge >= 0.3 is 0 Å². The Kier molecular flexibility index (Phi) is 6.08. The van der Waals surface area contributed by atoms with E-state index in [1.807, 2.05) is 12.1 Å². The molecule has 3 aromatic carbocycles. The van der Waals surface area contributed by atoms with Crippen LogP contribution in [0.15, 0.2) is 66.7 Å². The van der Waals surface area contributed by atoms with Crippen molar-refractivity contribution in [3.63, 3.8) is 0 Å². The van der Waals surface area contributed by atoms with Crippen LogP contribution in [0.5, 0.6) is 0 Å². The summed E-state index contributed by atoms with van der Waals surface area (Å²) in [6.45, 7) is 1.50. The van der Waals surface area contributed by atoms with Crippen molar-refractivity contribution < 1.29 is 13.2 Å². The van der Waals surface area contributed by atoms with Crippen LogP contribution in [0.3, 0.4) is 0 Å². The number of nitrogens with one attached hydrogen (secondary N) is 1. The zero-order chi connectivity index (χ0) is 20.3. The van der Waals surface area contributed by atoms with Crippen LogP contribution in [0.25, 0.3) is 11.1 Å². The molecule has 1 N–H and O–H groups in total. The summed E-state index contributed by atoms with van der Waals surface area (Å²) in [6.07, 6.45) is 0. The van der Waals surface area contributed by atoms with Gasteiger partial charge in [0, 0.05) is 11.1 Å². The summed E-state index contributed by atoms with van der Waals surface area (Å²) >= 11 is 11.9. The molecule has 0 saturated carbocycles. The molecule has 0 atom stereocenters. The van der Waals surface area contributed by atoms with Crippen molar-refractivity contribution in [2.45, 2.75) is 12.7 Å². The van der Waals surface area contributed by atoms with Gasteiger partial charge in [0.15, 0.2) is 5.78 Å². The number of carbonyl (C=O) groups is 1. The molecular weight excluding hydrogens is 417 g/mol. The highest BCUT2D eigenvalue weighted by Gasteiger charge is 2.15. The number of para-hydroxylation sites is 1. The zero-order valence-electron chi connectivity index (χ0n) is 14.9. The average molecular weight is 434 g/mol. The smallest absolute Gasteiger partial charge is 0.236 e. The van der Waals surface area contributed by atoms with Crippen LogP contribution in [0.2, 0.25) is 10.0 Å². The van der Waals surface area contributed by atoms with E-state index in [0.29, 0.717) is 26.9 Å². The van der Waals surface area contributed by atoms with Crippen LogP contribution >= 0.6 is 23.2 Å². The van der Waals surface area contributed by atoms with Crippen LogP contribution in [0.4, 0.5) is 5.69 Å². The van der Waals surface area contributed by atoms with Gasteiger partial charge in [0.1, 0.15) is 0 Å². The van der Waals surface area contributed by atoms with Crippen molar-refractivity contribution in [3.8, 4) is 11.1 Å². The lowest BCUT2D eigenvalue weighted by Crippen LogP contribution is -2.15. The highest BCUT2D eigenvalue weighted by atomic mass is 35.5. The number of carbonyl (C=O) groups excluding carboxylic acids is 1. The monoisotopic (exact) mass is 433 g/mol. The molecule has 0 amide bonds. The Morgan fingerprint density at radius 3 is 2.25 bits per heavy atom. The van der Waals surface area contributed by atoms with Gasteiger partial charge in [0.2, 0.25) is 10.0 Å². The van der Waals surface area contributed by atoms with E-state index < -0.39 is 10.0 Å². The lowest BCUT2D eigenvalue weighted by Gasteiger charge is -2.13. The Morgan fingerprint density at radius 2 is 1.61 bits per heavy atom. The summed E-state index contributed by atoms with van der Waals surface area (Å²) in [7, 11) is -3.68. The highest BCUT2D eigenvalue weighted by molar-refractivity contribution is 7.91. The molecule has 0 aliphatic heterocycles. The van der Waals surface area contributed by atoms with Gasteiger partial charge in [0.25, 0.3) is 0 Å². The third kappa shape index (κ3) is 4.93. The molecule has 144 valence electrons. The molecule has 0 aliphatic rings. The summed E-state index contributed by atoms with van der Waals surface area (Å²) in [6, 6.07) is 18.9. The van der Waals surface area contributed by atoms with Crippen LogP contribution in [0, 0.1) is 0 Å². The van der Waals surface area contributed by atoms with Gasteiger partial charge in [0.05, 0.1) is 21.5 Å². The summed E-state index contributed by atoms with van der Waals surface area (Å²) in [4.78, 5) is 11.5. The van der Waals surface area contributed by atoms with Crippen molar-refractivity contribution in [1.29, 1.82) is 0 Å². The standard InChI is InChI=1S/C21H17Cl2NO3S/c1-14(25)16-7-9-17(10-8-16)18-4-2-3-5-21(18)24-28(26,27)13-15-6-11-19(22)20(23)12-15/h2-12,24H,13H2,1H3. The maximum atomic E-state index is 12.7. The van der Waals surface area contributed by atoms with E-state index in [2.05, 4.69) is 4.72 Å². The maximum Gasteiger partial charge on any atom is 0.236 e. The summed E-state index contributed by atoms with van der Waals surface area (Å²) < 4.78 is 28.0. The molecule has 0 spiro atoms. The second-order valence-corrected chi connectivity index (χ2v) is 8.83. The summed E-state index contributed by atoms with van der Waals surface area (Å²) in [5.74, 6) is -0.260. The lowest BCUT2D eigenvalue weighted by molar-refractivity contribution is 0.101. The Hall–Kier alpha value is -2.34. The molecule has 0 aromatic heterocycles. The minimum absolute atomic E-state index is 0.0258. The Bertz CT molecular complexity index is 1130. The Labute approximate surface area is 174 Å².